The summed E-state index contributed by atoms with van der Waals surface area (Å²) >= 11 is 1.50. The second-order valence-electron chi connectivity index (χ2n) is 4.95. The van der Waals surface area contributed by atoms with E-state index in [1.807, 2.05) is 25.3 Å². The predicted octanol–water partition coefficient (Wildman–Crippen LogP) is 4.46. The van der Waals surface area contributed by atoms with Gasteiger partial charge < -0.3 is 9.47 Å². The average Bonchev–Trinajstić information content (AvgIpc) is 2.99. The third kappa shape index (κ3) is 8.35. The van der Waals surface area contributed by atoms with E-state index in [0.717, 1.165) is 36.1 Å². The highest BCUT2D eigenvalue weighted by Crippen LogP contribution is 2.20. The van der Waals surface area contributed by atoms with E-state index in [1.165, 1.54) is 23.5 Å². The Morgan fingerprint density at radius 3 is 2.13 bits per heavy atom. The van der Waals surface area contributed by atoms with Gasteiger partial charge >= 0.3 is 11.9 Å². The first-order valence-corrected chi connectivity index (χ1v) is 8.82. The number of rotatable bonds is 10. The molecule has 0 radical (unpaired) electrons. The highest BCUT2D eigenvalue weighted by molar-refractivity contribution is 7.11. The topological polar surface area (TPSA) is 52.6 Å². The van der Waals surface area contributed by atoms with E-state index in [0.29, 0.717) is 13.2 Å². The first-order chi connectivity index (χ1) is 11.2. The normalized spacial score (nSPS) is 11.2. The van der Waals surface area contributed by atoms with Crippen LogP contribution in [0, 0.1) is 0 Å². The summed E-state index contributed by atoms with van der Waals surface area (Å²) in [6.07, 6.45) is 9.95. The Kier molecular flexibility index (Phi) is 9.71. The molecule has 0 aliphatic carbocycles. The van der Waals surface area contributed by atoms with E-state index in [9.17, 15) is 9.59 Å². The highest BCUT2D eigenvalue weighted by Gasteiger charge is 2.02. The van der Waals surface area contributed by atoms with Crippen LogP contribution in [0.25, 0.3) is 12.2 Å². The summed E-state index contributed by atoms with van der Waals surface area (Å²) in [5.74, 6) is -0.695. The van der Waals surface area contributed by atoms with Gasteiger partial charge in [-0.1, -0.05) is 26.7 Å². The Labute approximate surface area is 141 Å². The number of hydrogen-bond donors (Lipinski definition) is 0. The van der Waals surface area contributed by atoms with Gasteiger partial charge in [0, 0.05) is 17.0 Å². The van der Waals surface area contributed by atoms with Crippen LogP contribution >= 0.6 is 11.3 Å². The maximum absolute atomic E-state index is 11.5. The third-order valence-corrected chi connectivity index (χ3v) is 3.88. The molecule has 0 aliphatic rings. The lowest BCUT2D eigenvalue weighted by molar-refractivity contribution is -0.138. The smallest absolute Gasteiger partial charge is 0.330 e. The van der Waals surface area contributed by atoms with Gasteiger partial charge in [-0.05, 0) is 42.0 Å². The van der Waals surface area contributed by atoms with Crippen LogP contribution in [0.5, 0.6) is 0 Å². The molecule has 23 heavy (non-hydrogen) atoms. The van der Waals surface area contributed by atoms with Gasteiger partial charge in [0.15, 0.2) is 0 Å². The number of thiophene rings is 1. The number of esters is 2. The van der Waals surface area contributed by atoms with Crippen LogP contribution in [-0.2, 0) is 19.1 Å². The first kappa shape index (κ1) is 19.2. The van der Waals surface area contributed by atoms with Crippen molar-refractivity contribution >= 4 is 35.4 Å². The van der Waals surface area contributed by atoms with E-state index < -0.39 is 0 Å². The van der Waals surface area contributed by atoms with Crippen molar-refractivity contribution in [3.8, 4) is 0 Å². The van der Waals surface area contributed by atoms with E-state index >= 15 is 0 Å². The summed E-state index contributed by atoms with van der Waals surface area (Å²) in [6.45, 7) is 4.97. The summed E-state index contributed by atoms with van der Waals surface area (Å²) in [7, 11) is 0. The van der Waals surface area contributed by atoms with Crippen molar-refractivity contribution in [3.05, 3.63) is 34.0 Å². The van der Waals surface area contributed by atoms with Gasteiger partial charge in [0.2, 0.25) is 0 Å². The highest BCUT2D eigenvalue weighted by atomic mass is 32.1. The Balaban J connectivity index is 2.52. The van der Waals surface area contributed by atoms with Crippen molar-refractivity contribution in [2.75, 3.05) is 13.2 Å². The largest absolute Gasteiger partial charge is 0.463 e. The Morgan fingerprint density at radius 2 is 1.57 bits per heavy atom. The van der Waals surface area contributed by atoms with E-state index in [-0.39, 0.29) is 11.9 Å². The van der Waals surface area contributed by atoms with Gasteiger partial charge in [0.05, 0.1) is 13.2 Å². The Morgan fingerprint density at radius 1 is 1.00 bits per heavy atom. The van der Waals surface area contributed by atoms with Gasteiger partial charge in [0.1, 0.15) is 0 Å². The molecule has 0 saturated heterocycles. The Hall–Kier alpha value is -1.88. The number of carbonyl (C=O) groups is 2. The van der Waals surface area contributed by atoms with Crippen LogP contribution in [0.4, 0.5) is 0 Å². The molecule has 0 atom stereocenters. The minimum absolute atomic E-state index is 0.347. The summed E-state index contributed by atoms with van der Waals surface area (Å²) in [4.78, 5) is 24.0. The van der Waals surface area contributed by atoms with Crippen molar-refractivity contribution < 1.29 is 19.1 Å². The lowest BCUT2D eigenvalue weighted by Gasteiger charge is -1.99. The molecule has 1 heterocycles. The third-order valence-electron chi connectivity index (χ3n) is 2.98. The molecule has 0 spiro atoms. The van der Waals surface area contributed by atoms with Gasteiger partial charge in [-0.2, -0.15) is 0 Å². The fourth-order valence-electron chi connectivity index (χ4n) is 1.64. The molecule has 126 valence electrons. The lowest BCUT2D eigenvalue weighted by atomic mass is 10.2. The second-order valence-corrected chi connectivity index (χ2v) is 5.90. The minimum Gasteiger partial charge on any atom is -0.463 e. The van der Waals surface area contributed by atoms with Gasteiger partial charge in [-0.25, -0.2) is 9.59 Å². The molecular weight excluding hydrogens is 312 g/mol. The molecule has 0 N–H and O–H groups in total. The zero-order valence-corrected chi connectivity index (χ0v) is 14.6. The SMILES string of the molecule is CCCCOC(=O)/C=C/c1ccsc1/C=C/C(=O)OCCCC. The van der Waals surface area contributed by atoms with Crippen molar-refractivity contribution in [1.82, 2.24) is 0 Å². The molecule has 0 aromatic carbocycles. The predicted molar refractivity (Wildman–Crippen MR) is 94.1 cm³/mol. The Bertz CT molecular complexity index is 496. The van der Waals surface area contributed by atoms with Crippen LogP contribution in [0.15, 0.2) is 23.6 Å². The van der Waals surface area contributed by atoms with Crippen LogP contribution < -0.4 is 0 Å². The van der Waals surface area contributed by atoms with Crippen molar-refractivity contribution in [2.45, 2.75) is 39.5 Å². The number of unbranched alkanes of at least 4 members (excludes halogenated alkanes) is 2. The maximum atomic E-state index is 11.5. The van der Waals surface area contributed by atoms with Crippen molar-refractivity contribution in [3.63, 3.8) is 0 Å². The molecule has 5 heteroatoms. The fourth-order valence-corrected chi connectivity index (χ4v) is 2.42. The van der Waals surface area contributed by atoms with Crippen LogP contribution in [0.1, 0.15) is 50.0 Å². The number of hydrogen-bond acceptors (Lipinski definition) is 5. The molecule has 1 aromatic rings. The summed E-state index contributed by atoms with van der Waals surface area (Å²) in [5, 5.41) is 1.91. The average molecular weight is 336 g/mol. The van der Waals surface area contributed by atoms with E-state index in [2.05, 4.69) is 0 Å². The first-order valence-electron chi connectivity index (χ1n) is 7.94. The molecule has 0 aliphatic heterocycles. The fraction of sp³-hybridized carbons (Fsp3) is 0.444. The lowest BCUT2D eigenvalue weighted by Crippen LogP contribution is -2.01. The molecule has 0 fully saturated rings. The quantitative estimate of drug-likeness (QED) is 0.359. The summed E-state index contributed by atoms with van der Waals surface area (Å²) in [6, 6.07) is 1.89. The zero-order chi connectivity index (χ0) is 16.9. The standard InChI is InChI=1S/C18H24O4S/c1-3-5-12-21-17(19)9-7-15-11-14-23-16(15)8-10-18(20)22-13-6-4-2/h7-11,14H,3-6,12-13H2,1-2H3/b9-7+,10-8+. The zero-order valence-electron chi connectivity index (χ0n) is 13.7. The van der Waals surface area contributed by atoms with Crippen LogP contribution in [0.2, 0.25) is 0 Å². The van der Waals surface area contributed by atoms with Gasteiger partial charge in [-0.3, -0.25) is 0 Å². The molecule has 0 bridgehead atoms. The number of ether oxygens (including phenoxy) is 2. The van der Waals surface area contributed by atoms with E-state index in [1.54, 1.807) is 12.2 Å². The summed E-state index contributed by atoms with van der Waals surface area (Å²) < 4.78 is 10.1. The van der Waals surface area contributed by atoms with Crippen LogP contribution in [-0.4, -0.2) is 25.2 Å². The molecule has 1 rings (SSSR count). The molecule has 0 unspecified atom stereocenters. The molecule has 0 saturated carbocycles. The minimum atomic E-state index is -0.349. The molecule has 1 aromatic heterocycles. The molecule has 0 amide bonds. The maximum Gasteiger partial charge on any atom is 0.330 e. The van der Waals surface area contributed by atoms with Gasteiger partial charge in [-0.15, -0.1) is 11.3 Å². The second kappa shape index (κ2) is 11.7. The van der Waals surface area contributed by atoms with Crippen molar-refractivity contribution in [2.24, 2.45) is 0 Å². The van der Waals surface area contributed by atoms with Crippen molar-refractivity contribution in [1.29, 1.82) is 0 Å². The number of carbonyl (C=O) groups excluding carboxylic acids is 2. The van der Waals surface area contributed by atoms with Gasteiger partial charge in [0.25, 0.3) is 0 Å². The summed E-state index contributed by atoms with van der Waals surface area (Å²) in [5.41, 5.74) is 0.875. The van der Waals surface area contributed by atoms with E-state index in [4.69, 9.17) is 9.47 Å². The molecular formula is C18H24O4S. The monoisotopic (exact) mass is 336 g/mol. The molecule has 4 nitrogen and oxygen atoms in total. The van der Waals surface area contributed by atoms with Crippen LogP contribution in [0.3, 0.4) is 0 Å².